The van der Waals surface area contributed by atoms with E-state index in [1.54, 1.807) is 6.07 Å². The summed E-state index contributed by atoms with van der Waals surface area (Å²) in [5.74, 6) is 2.19. The van der Waals surface area contributed by atoms with E-state index in [0.717, 1.165) is 17.9 Å². The zero-order valence-electron chi connectivity index (χ0n) is 9.02. The molecule has 2 heterocycles. The Hall–Kier alpha value is -0.550. The van der Waals surface area contributed by atoms with Crippen molar-refractivity contribution in [3.63, 3.8) is 0 Å². The van der Waals surface area contributed by atoms with Gasteiger partial charge in [0.15, 0.2) is 0 Å². The highest BCUT2D eigenvalue weighted by Crippen LogP contribution is 2.22. The van der Waals surface area contributed by atoms with E-state index < -0.39 is 0 Å². The second kappa shape index (κ2) is 5.19. The second-order valence-corrected chi connectivity index (χ2v) is 5.74. The lowest BCUT2D eigenvalue weighted by Gasteiger charge is -2.23. The van der Waals surface area contributed by atoms with Crippen molar-refractivity contribution in [1.29, 1.82) is 0 Å². The van der Waals surface area contributed by atoms with Gasteiger partial charge < -0.3 is 4.90 Å². The Morgan fingerprint density at radius 2 is 2.44 bits per heavy atom. The molecule has 0 saturated carbocycles. The molecule has 0 radical (unpaired) electrons. The Morgan fingerprint density at radius 3 is 3.06 bits per heavy atom. The van der Waals surface area contributed by atoms with Crippen LogP contribution >= 0.6 is 27.7 Å². The van der Waals surface area contributed by atoms with E-state index in [4.69, 9.17) is 0 Å². The Kier molecular flexibility index (Phi) is 3.86. The summed E-state index contributed by atoms with van der Waals surface area (Å²) < 4.78 is 0.701. The van der Waals surface area contributed by atoms with Crippen LogP contribution in [-0.4, -0.2) is 40.4 Å². The summed E-state index contributed by atoms with van der Waals surface area (Å²) in [6, 6.07) is 5.77. The Morgan fingerprint density at radius 1 is 1.62 bits per heavy atom. The molecule has 1 aromatic heterocycles. The molecule has 0 aliphatic carbocycles. The van der Waals surface area contributed by atoms with Crippen LogP contribution in [0.2, 0.25) is 0 Å². The molecule has 3 nitrogen and oxygen atoms in total. The van der Waals surface area contributed by atoms with Gasteiger partial charge in [-0.05, 0) is 40.2 Å². The first kappa shape index (κ1) is 11.9. The van der Waals surface area contributed by atoms with Crippen molar-refractivity contribution in [3.05, 3.63) is 28.5 Å². The molecule has 0 aromatic carbocycles. The van der Waals surface area contributed by atoms with Crippen LogP contribution in [0.5, 0.6) is 0 Å². The maximum Gasteiger partial charge on any atom is 0.272 e. The van der Waals surface area contributed by atoms with Gasteiger partial charge in [0.25, 0.3) is 5.91 Å². The predicted octanol–water partition coefficient (Wildman–Crippen LogP) is 2.42. The monoisotopic (exact) mass is 300 g/mol. The summed E-state index contributed by atoms with van der Waals surface area (Å²) in [7, 11) is 1.86. The van der Waals surface area contributed by atoms with Crippen molar-refractivity contribution in [2.75, 3.05) is 18.6 Å². The first-order valence-electron chi connectivity index (χ1n) is 5.16. The summed E-state index contributed by atoms with van der Waals surface area (Å²) in [6.45, 7) is 0. The molecule has 1 aliphatic heterocycles. The van der Waals surface area contributed by atoms with Crippen LogP contribution < -0.4 is 0 Å². The van der Waals surface area contributed by atoms with Crippen molar-refractivity contribution < 1.29 is 4.79 Å². The number of halogens is 1. The fourth-order valence-electron chi connectivity index (χ4n) is 1.70. The quantitative estimate of drug-likeness (QED) is 0.787. The average Bonchev–Trinajstić information content (AvgIpc) is 2.80. The van der Waals surface area contributed by atoms with Gasteiger partial charge in [-0.1, -0.05) is 6.07 Å². The highest BCUT2D eigenvalue weighted by molar-refractivity contribution is 9.10. The summed E-state index contributed by atoms with van der Waals surface area (Å²) in [5, 5.41) is 0. The Bertz CT molecular complexity index is 393. The topological polar surface area (TPSA) is 33.2 Å². The molecular formula is C11H13BrN2OS. The van der Waals surface area contributed by atoms with Crippen molar-refractivity contribution in [2.45, 2.75) is 12.5 Å². The molecule has 0 spiro atoms. The first-order chi connectivity index (χ1) is 7.68. The number of hydrogen-bond donors (Lipinski definition) is 0. The molecule has 16 heavy (non-hydrogen) atoms. The minimum atomic E-state index is 0.00815. The van der Waals surface area contributed by atoms with Gasteiger partial charge in [0.1, 0.15) is 10.3 Å². The molecule has 0 N–H and O–H groups in total. The largest absolute Gasteiger partial charge is 0.337 e. The summed E-state index contributed by atoms with van der Waals surface area (Å²) in [4.78, 5) is 18.1. The minimum absolute atomic E-state index is 0.00815. The van der Waals surface area contributed by atoms with Crippen LogP contribution in [0.15, 0.2) is 22.8 Å². The summed E-state index contributed by atoms with van der Waals surface area (Å²) in [6.07, 6.45) is 1.08. The molecule has 1 aliphatic rings. The molecule has 1 atom stereocenters. The van der Waals surface area contributed by atoms with Crippen molar-refractivity contribution in [3.8, 4) is 0 Å². The van der Waals surface area contributed by atoms with Gasteiger partial charge >= 0.3 is 0 Å². The van der Waals surface area contributed by atoms with Crippen LogP contribution in [0.25, 0.3) is 0 Å². The number of pyridine rings is 1. The molecular weight excluding hydrogens is 288 g/mol. The Labute approximate surface area is 108 Å². The number of carbonyl (C=O) groups is 1. The van der Waals surface area contributed by atoms with E-state index in [1.165, 1.54) is 0 Å². The number of amides is 1. The lowest BCUT2D eigenvalue weighted by atomic mass is 10.2. The van der Waals surface area contributed by atoms with Gasteiger partial charge in [0.2, 0.25) is 0 Å². The van der Waals surface area contributed by atoms with Crippen LogP contribution in [0.1, 0.15) is 16.9 Å². The fraction of sp³-hybridized carbons (Fsp3) is 0.455. The lowest BCUT2D eigenvalue weighted by Crippen LogP contribution is -2.37. The fourth-order valence-corrected chi connectivity index (χ4v) is 3.31. The smallest absolute Gasteiger partial charge is 0.272 e. The zero-order chi connectivity index (χ0) is 11.5. The molecule has 1 aromatic rings. The predicted molar refractivity (Wildman–Crippen MR) is 69.8 cm³/mol. The standard InChI is InChI=1S/C11H13BrN2OS/c1-14(8-5-6-16-7-8)11(15)9-3-2-4-10(12)13-9/h2-4,8H,5-7H2,1H3. The molecule has 86 valence electrons. The Balaban J connectivity index is 2.12. The van der Waals surface area contributed by atoms with E-state index in [2.05, 4.69) is 20.9 Å². The van der Waals surface area contributed by atoms with E-state index in [-0.39, 0.29) is 5.91 Å². The molecule has 1 unspecified atom stereocenters. The number of carbonyl (C=O) groups excluding carboxylic acids is 1. The molecule has 1 amide bonds. The van der Waals surface area contributed by atoms with Crippen molar-refractivity contribution in [2.24, 2.45) is 0 Å². The summed E-state index contributed by atoms with van der Waals surface area (Å²) in [5.41, 5.74) is 0.508. The average molecular weight is 301 g/mol. The maximum atomic E-state index is 12.1. The summed E-state index contributed by atoms with van der Waals surface area (Å²) >= 11 is 5.18. The van der Waals surface area contributed by atoms with Gasteiger partial charge in [-0.15, -0.1) is 0 Å². The van der Waals surface area contributed by atoms with Gasteiger partial charge in [-0.3, -0.25) is 4.79 Å². The van der Waals surface area contributed by atoms with Gasteiger partial charge in [0.05, 0.1) is 0 Å². The maximum absolute atomic E-state index is 12.1. The highest BCUT2D eigenvalue weighted by atomic mass is 79.9. The lowest BCUT2D eigenvalue weighted by molar-refractivity contribution is 0.0741. The molecule has 5 heteroatoms. The third-order valence-electron chi connectivity index (χ3n) is 2.71. The number of aromatic nitrogens is 1. The molecule has 2 rings (SSSR count). The van der Waals surface area contributed by atoms with E-state index in [9.17, 15) is 4.79 Å². The van der Waals surface area contributed by atoms with Crippen molar-refractivity contribution >= 4 is 33.6 Å². The molecule has 0 bridgehead atoms. The minimum Gasteiger partial charge on any atom is -0.337 e. The van der Waals surface area contributed by atoms with Crippen LogP contribution in [0.4, 0.5) is 0 Å². The molecule has 1 saturated heterocycles. The number of hydrogen-bond acceptors (Lipinski definition) is 3. The van der Waals surface area contributed by atoms with E-state index in [0.29, 0.717) is 16.3 Å². The van der Waals surface area contributed by atoms with Crippen molar-refractivity contribution in [1.82, 2.24) is 9.88 Å². The first-order valence-corrected chi connectivity index (χ1v) is 7.10. The highest BCUT2D eigenvalue weighted by Gasteiger charge is 2.25. The van der Waals surface area contributed by atoms with E-state index >= 15 is 0 Å². The second-order valence-electron chi connectivity index (χ2n) is 3.78. The number of thioether (sulfide) groups is 1. The number of nitrogens with zero attached hydrogens (tertiary/aromatic N) is 2. The van der Waals surface area contributed by atoms with Crippen LogP contribution in [0.3, 0.4) is 0 Å². The number of rotatable bonds is 2. The van der Waals surface area contributed by atoms with Gasteiger partial charge in [-0.2, -0.15) is 11.8 Å². The molecule has 1 fully saturated rings. The van der Waals surface area contributed by atoms with Crippen LogP contribution in [-0.2, 0) is 0 Å². The third-order valence-corrected chi connectivity index (χ3v) is 4.29. The zero-order valence-corrected chi connectivity index (χ0v) is 11.4. The van der Waals surface area contributed by atoms with E-state index in [1.807, 2.05) is 35.8 Å². The van der Waals surface area contributed by atoms with Gasteiger partial charge in [-0.25, -0.2) is 4.98 Å². The van der Waals surface area contributed by atoms with Gasteiger partial charge in [0, 0.05) is 18.8 Å². The third kappa shape index (κ3) is 2.58. The SMILES string of the molecule is CN(C(=O)c1cccc(Br)n1)C1CCSC1. The normalized spacial score (nSPS) is 19.8. The van der Waals surface area contributed by atoms with Crippen LogP contribution in [0, 0.1) is 0 Å².